The van der Waals surface area contributed by atoms with E-state index in [0.29, 0.717) is 24.2 Å². The van der Waals surface area contributed by atoms with E-state index < -0.39 is 35.9 Å². The van der Waals surface area contributed by atoms with Gasteiger partial charge in [0.15, 0.2) is 5.96 Å². The third-order valence-electron chi connectivity index (χ3n) is 4.91. The number of carboxylic acid groups (broad SMARTS) is 1. The zero-order valence-electron chi connectivity index (χ0n) is 18.5. The summed E-state index contributed by atoms with van der Waals surface area (Å²) in [7, 11) is 0. The van der Waals surface area contributed by atoms with Gasteiger partial charge in [0.1, 0.15) is 17.8 Å². The van der Waals surface area contributed by atoms with Gasteiger partial charge in [-0.15, -0.1) is 0 Å². The number of carboxylic acids is 1. The zero-order chi connectivity index (χ0) is 25.1. The van der Waals surface area contributed by atoms with Crippen LogP contribution < -0.4 is 27.8 Å². The van der Waals surface area contributed by atoms with Crippen LogP contribution in [0.3, 0.4) is 0 Å². The number of aromatic nitrogens is 2. The number of aromatic hydroxyl groups is 1. The van der Waals surface area contributed by atoms with Crippen LogP contribution in [0.4, 0.5) is 0 Å². The predicted octanol–water partition coefficient (Wildman–Crippen LogP) is -1.66. The fourth-order valence-electron chi connectivity index (χ4n) is 3.09. The molecule has 0 saturated carbocycles. The number of nitrogens with zero attached hydrogens (tertiary/aromatic N) is 2. The molecule has 2 aromatic rings. The zero-order valence-corrected chi connectivity index (χ0v) is 18.5. The average molecular weight is 475 g/mol. The highest BCUT2D eigenvalue weighted by Crippen LogP contribution is 2.12. The van der Waals surface area contributed by atoms with E-state index in [1.165, 1.54) is 24.7 Å². The van der Waals surface area contributed by atoms with E-state index >= 15 is 0 Å². The lowest BCUT2D eigenvalue weighted by molar-refractivity contribution is -0.142. The Labute approximate surface area is 195 Å². The molecule has 2 amide bonds. The van der Waals surface area contributed by atoms with Crippen LogP contribution in [0.5, 0.6) is 5.75 Å². The van der Waals surface area contributed by atoms with Crippen LogP contribution in [0.25, 0.3) is 0 Å². The smallest absolute Gasteiger partial charge is 0.326 e. The van der Waals surface area contributed by atoms with Gasteiger partial charge in [0.25, 0.3) is 0 Å². The third-order valence-corrected chi connectivity index (χ3v) is 4.91. The highest BCUT2D eigenvalue weighted by atomic mass is 16.4. The molecular weight excluding hydrogens is 444 g/mol. The lowest BCUT2D eigenvalue weighted by Gasteiger charge is -2.22. The number of aliphatic carboxylic acids is 1. The minimum absolute atomic E-state index is 0.0175. The van der Waals surface area contributed by atoms with Crippen LogP contribution in [-0.4, -0.2) is 68.6 Å². The van der Waals surface area contributed by atoms with Crippen molar-refractivity contribution in [3.8, 4) is 5.75 Å². The first-order valence-corrected chi connectivity index (χ1v) is 10.6. The number of rotatable bonds is 13. The van der Waals surface area contributed by atoms with Crippen LogP contribution in [0.2, 0.25) is 0 Å². The monoisotopic (exact) mass is 474 g/mol. The van der Waals surface area contributed by atoms with Gasteiger partial charge in [0.2, 0.25) is 11.8 Å². The van der Waals surface area contributed by atoms with Crippen LogP contribution in [0, 0.1) is 0 Å². The number of amides is 2. The second-order valence-electron chi connectivity index (χ2n) is 7.67. The van der Waals surface area contributed by atoms with Crippen molar-refractivity contribution >= 4 is 23.7 Å². The summed E-state index contributed by atoms with van der Waals surface area (Å²) in [5, 5.41) is 24.0. The topological polar surface area (TPSA) is 235 Å². The number of carbonyl (C=O) groups excluding carboxylic acids is 2. The van der Waals surface area contributed by atoms with E-state index in [-0.39, 0.29) is 31.0 Å². The maximum Gasteiger partial charge on any atom is 0.326 e. The molecule has 34 heavy (non-hydrogen) atoms. The lowest BCUT2D eigenvalue weighted by Crippen LogP contribution is -2.55. The molecule has 0 radical (unpaired) electrons. The first-order valence-electron chi connectivity index (χ1n) is 10.6. The maximum atomic E-state index is 13.0. The maximum absolute atomic E-state index is 13.0. The van der Waals surface area contributed by atoms with Gasteiger partial charge < -0.3 is 43.0 Å². The van der Waals surface area contributed by atoms with Crippen LogP contribution in [0.1, 0.15) is 24.1 Å². The first kappa shape index (κ1) is 26.1. The lowest BCUT2D eigenvalue weighted by atomic mass is 10.0. The summed E-state index contributed by atoms with van der Waals surface area (Å²) in [5.41, 5.74) is 17.6. The molecule has 0 aliphatic rings. The van der Waals surface area contributed by atoms with Gasteiger partial charge in [0, 0.05) is 31.3 Å². The van der Waals surface area contributed by atoms with E-state index in [1.54, 1.807) is 12.1 Å². The SMILES string of the molecule is NC(N)=NCCC[C@H](N)C(=O)N[C@@H](Cc1cnc[nH]1)C(=O)N[C@@H](Cc1ccc(O)cc1)C(=O)O. The van der Waals surface area contributed by atoms with Crippen molar-refractivity contribution in [3.05, 3.63) is 48.0 Å². The number of benzene rings is 1. The molecule has 0 aliphatic carbocycles. The van der Waals surface area contributed by atoms with E-state index in [2.05, 4.69) is 25.6 Å². The molecule has 0 saturated heterocycles. The van der Waals surface area contributed by atoms with E-state index in [4.69, 9.17) is 17.2 Å². The van der Waals surface area contributed by atoms with Gasteiger partial charge in [-0.2, -0.15) is 0 Å². The minimum Gasteiger partial charge on any atom is -0.508 e. The number of hydrogen-bond acceptors (Lipinski definition) is 7. The van der Waals surface area contributed by atoms with Crippen molar-refractivity contribution in [1.29, 1.82) is 0 Å². The van der Waals surface area contributed by atoms with Crippen molar-refractivity contribution < 1.29 is 24.6 Å². The summed E-state index contributed by atoms with van der Waals surface area (Å²) >= 11 is 0. The van der Waals surface area contributed by atoms with Gasteiger partial charge >= 0.3 is 5.97 Å². The molecule has 0 bridgehead atoms. The Hall–Kier alpha value is -4.13. The number of nitrogens with two attached hydrogens (primary N) is 3. The molecule has 2 rings (SSSR count). The van der Waals surface area contributed by atoms with Gasteiger partial charge in [0.05, 0.1) is 12.4 Å². The number of carbonyl (C=O) groups is 3. The molecule has 0 aliphatic heterocycles. The molecule has 0 fully saturated rings. The Morgan fingerprint density at radius 1 is 1.06 bits per heavy atom. The summed E-state index contributed by atoms with van der Waals surface area (Å²) in [5.74, 6) is -2.53. The number of imidazole rings is 1. The molecule has 1 aromatic carbocycles. The number of nitrogens with one attached hydrogen (secondary N) is 3. The van der Waals surface area contributed by atoms with E-state index in [9.17, 15) is 24.6 Å². The van der Waals surface area contributed by atoms with Gasteiger partial charge in [-0.1, -0.05) is 12.1 Å². The van der Waals surface area contributed by atoms with Crippen LogP contribution in [-0.2, 0) is 27.2 Å². The Bertz CT molecular complexity index is 974. The fraction of sp³-hybridized carbons (Fsp3) is 0.381. The Morgan fingerprint density at radius 3 is 2.32 bits per heavy atom. The summed E-state index contributed by atoms with van der Waals surface area (Å²) < 4.78 is 0. The molecule has 13 nitrogen and oxygen atoms in total. The molecule has 0 spiro atoms. The summed E-state index contributed by atoms with van der Waals surface area (Å²) in [4.78, 5) is 47.9. The molecule has 0 unspecified atom stereocenters. The number of phenols is 1. The van der Waals surface area contributed by atoms with Crippen molar-refractivity contribution in [2.75, 3.05) is 6.54 Å². The quantitative estimate of drug-likeness (QED) is 0.0940. The Balaban J connectivity index is 2.06. The molecule has 1 heterocycles. The van der Waals surface area contributed by atoms with Crippen LogP contribution >= 0.6 is 0 Å². The largest absolute Gasteiger partial charge is 0.508 e. The minimum atomic E-state index is -1.26. The third kappa shape index (κ3) is 8.78. The molecule has 3 atom stereocenters. The summed E-state index contributed by atoms with van der Waals surface area (Å²) in [6.45, 7) is 0.304. The molecule has 184 valence electrons. The highest BCUT2D eigenvalue weighted by Gasteiger charge is 2.28. The first-order chi connectivity index (χ1) is 16.2. The predicted molar refractivity (Wildman–Crippen MR) is 123 cm³/mol. The van der Waals surface area contributed by atoms with Gasteiger partial charge in [-0.05, 0) is 30.5 Å². The van der Waals surface area contributed by atoms with Crippen molar-refractivity contribution in [1.82, 2.24) is 20.6 Å². The van der Waals surface area contributed by atoms with Crippen molar-refractivity contribution in [2.45, 2.75) is 43.8 Å². The Morgan fingerprint density at radius 2 is 1.74 bits per heavy atom. The number of hydrogen-bond donors (Lipinski definition) is 8. The fourth-order valence-corrected chi connectivity index (χ4v) is 3.09. The van der Waals surface area contributed by atoms with Gasteiger partial charge in [-0.3, -0.25) is 14.6 Å². The second-order valence-corrected chi connectivity index (χ2v) is 7.67. The standard InChI is InChI=1S/C21H30N8O5/c22-15(2-1-7-26-21(23)24)18(31)28-16(9-13-10-25-11-27-13)19(32)29-17(20(33)34)8-12-3-5-14(30)6-4-12/h3-6,10-11,15-17,30H,1-2,7-9,22H2,(H,25,27)(H,28,31)(H,29,32)(H,33,34)(H4,23,24,26)/t15-,16-,17-/m0/s1. The Kier molecular flexibility index (Phi) is 9.83. The van der Waals surface area contributed by atoms with Gasteiger partial charge in [-0.25, -0.2) is 9.78 Å². The molecular formula is C21H30N8O5. The number of aromatic amines is 1. The second kappa shape index (κ2) is 12.8. The van der Waals surface area contributed by atoms with E-state index in [0.717, 1.165) is 0 Å². The van der Waals surface area contributed by atoms with E-state index in [1.807, 2.05) is 0 Å². The number of H-pyrrole nitrogens is 1. The molecule has 13 heteroatoms. The molecule has 1 aromatic heterocycles. The summed E-state index contributed by atoms with van der Waals surface area (Å²) in [6.07, 6.45) is 3.68. The number of aliphatic imine (C=N–C) groups is 1. The normalized spacial score (nSPS) is 13.3. The number of phenolic OH excluding ortho intramolecular Hbond substituents is 1. The molecule has 11 N–H and O–H groups in total. The average Bonchev–Trinajstić information content (AvgIpc) is 3.29. The summed E-state index contributed by atoms with van der Waals surface area (Å²) in [6, 6.07) is 2.69. The van der Waals surface area contributed by atoms with Crippen LogP contribution in [0.15, 0.2) is 41.8 Å². The van der Waals surface area contributed by atoms with Crippen molar-refractivity contribution in [2.24, 2.45) is 22.2 Å². The number of guanidine groups is 1. The van der Waals surface area contributed by atoms with Crippen molar-refractivity contribution in [3.63, 3.8) is 0 Å². The highest BCUT2D eigenvalue weighted by molar-refractivity contribution is 5.92.